The third-order valence-corrected chi connectivity index (χ3v) is 7.44. The number of hydrogen-bond acceptors (Lipinski definition) is 5. The van der Waals surface area contributed by atoms with Crippen molar-refractivity contribution < 1.29 is 8.42 Å². The van der Waals surface area contributed by atoms with Crippen molar-refractivity contribution in [1.29, 1.82) is 0 Å². The summed E-state index contributed by atoms with van der Waals surface area (Å²) < 4.78 is 26.7. The number of sulfonamides is 1. The Labute approximate surface area is 153 Å². The first-order valence-electron chi connectivity index (χ1n) is 8.26. The van der Waals surface area contributed by atoms with Crippen LogP contribution in [-0.4, -0.2) is 53.6 Å². The van der Waals surface area contributed by atoms with Gasteiger partial charge < -0.3 is 4.90 Å². The summed E-state index contributed by atoms with van der Waals surface area (Å²) in [7, 11) is -1.24. The third-order valence-electron chi connectivity index (χ3n) is 5.08. The molecule has 2 saturated heterocycles. The van der Waals surface area contributed by atoms with Crippen LogP contribution in [0.15, 0.2) is 6.07 Å². The van der Waals surface area contributed by atoms with Crippen LogP contribution < -0.4 is 4.90 Å². The number of fused-ring (bicyclic) bond motifs is 2. The Kier molecular flexibility index (Phi) is 5.25. The van der Waals surface area contributed by atoms with Crippen molar-refractivity contribution in [3.63, 3.8) is 0 Å². The second kappa shape index (κ2) is 6.94. The molecule has 3 rings (SSSR count). The Morgan fingerprint density at radius 3 is 2.25 bits per heavy atom. The van der Waals surface area contributed by atoms with E-state index in [1.54, 1.807) is 11.2 Å². The molecule has 0 amide bonds. The van der Waals surface area contributed by atoms with Crippen LogP contribution in [0.2, 0.25) is 10.3 Å². The monoisotopic (exact) mass is 392 g/mol. The molecule has 2 aliphatic rings. The molecule has 0 N–H and O–H groups in total. The molecule has 1 aromatic heterocycles. The Morgan fingerprint density at radius 2 is 1.75 bits per heavy atom. The van der Waals surface area contributed by atoms with Gasteiger partial charge in [0, 0.05) is 31.2 Å². The van der Waals surface area contributed by atoms with Crippen LogP contribution in [0.5, 0.6) is 0 Å². The normalized spacial score (nSPS) is 27.9. The van der Waals surface area contributed by atoms with Crippen molar-refractivity contribution >= 4 is 39.2 Å². The molecular formula is C15H22Cl2N4O2S. The van der Waals surface area contributed by atoms with Crippen molar-refractivity contribution in [2.75, 3.05) is 17.7 Å². The SMILES string of the molecule is CCS(=O)(=O)N1[C@@H]2CCC[C@H]1CC(N(C)c1nc(Cl)cc(Cl)n1)C2. The lowest BCUT2D eigenvalue weighted by Gasteiger charge is -2.49. The molecular weight excluding hydrogens is 371 g/mol. The van der Waals surface area contributed by atoms with Crippen LogP contribution in [0, 0.1) is 0 Å². The second-order valence-electron chi connectivity index (χ2n) is 6.52. The lowest BCUT2D eigenvalue weighted by molar-refractivity contribution is 0.109. The highest BCUT2D eigenvalue weighted by molar-refractivity contribution is 7.89. The van der Waals surface area contributed by atoms with E-state index in [0.29, 0.717) is 16.3 Å². The van der Waals surface area contributed by atoms with Crippen LogP contribution in [0.3, 0.4) is 0 Å². The van der Waals surface area contributed by atoms with Crippen LogP contribution in [-0.2, 0) is 10.0 Å². The van der Waals surface area contributed by atoms with Gasteiger partial charge in [-0.25, -0.2) is 18.4 Å². The van der Waals surface area contributed by atoms with Gasteiger partial charge in [-0.3, -0.25) is 0 Å². The van der Waals surface area contributed by atoms with E-state index in [-0.39, 0.29) is 23.9 Å². The summed E-state index contributed by atoms with van der Waals surface area (Å²) in [5.74, 6) is 0.649. The highest BCUT2D eigenvalue weighted by Gasteiger charge is 2.44. The maximum Gasteiger partial charge on any atom is 0.228 e. The molecule has 2 fully saturated rings. The van der Waals surface area contributed by atoms with Gasteiger partial charge in [-0.05, 0) is 32.6 Å². The van der Waals surface area contributed by atoms with Crippen molar-refractivity contribution in [2.45, 2.75) is 57.2 Å². The van der Waals surface area contributed by atoms with E-state index in [4.69, 9.17) is 23.2 Å². The van der Waals surface area contributed by atoms with E-state index < -0.39 is 10.0 Å². The fourth-order valence-electron chi connectivity index (χ4n) is 3.93. The molecule has 1 aromatic rings. The van der Waals surface area contributed by atoms with Crippen molar-refractivity contribution in [3.05, 3.63) is 16.4 Å². The zero-order chi connectivity index (χ0) is 17.5. The van der Waals surface area contributed by atoms with Crippen molar-refractivity contribution in [2.24, 2.45) is 0 Å². The van der Waals surface area contributed by atoms with Gasteiger partial charge in [0.1, 0.15) is 10.3 Å². The summed E-state index contributed by atoms with van der Waals surface area (Å²) in [5.41, 5.74) is 0. The minimum Gasteiger partial charge on any atom is -0.341 e. The van der Waals surface area contributed by atoms with E-state index in [1.807, 2.05) is 11.9 Å². The zero-order valence-corrected chi connectivity index (χ0v) is 16.1. The average molecular weight is 393 g/mol. The lowest BCUT2D eigenvalue weighted by atomic mass is 9.83. The Balaban J connectivity index is 1.83. The summed E-state index contributed by atoms with van der Waals surface area (Å²) in [6, 6.07) is 1.80. The summed E-state index contributed by atoms with van der Waals surface area (Å²) in [6.45, 7) is 1.71. The molecule has 9 heteroatoms. The van der Waals surface area contributed by atoms with E-state index in [1.165, 1.54) is 6.07 Å². The number of piperidine rings is 2. The number of rotatable bonds is 4. The minimum atomic E-state index is -3.17. The first-order chi connectivity index (χ1) is 11.3. The molecule has 0 aromatic carbocycles. The molecule has 0 spiro atoms. The van der Waals surface area contributed by atoms with E-state index in [2.05, 4.69) is 9.97 Å². The smallest absolute Gasteiger partial charge is 0.228 e. The van der Waals surface area contributed by atoms with Crippen LogP contribution >= 0.6 is 23.2 Å². The van der Waals surface area contributed by atoms with Crippen LogP contribution in [0.1, 0.15) is 39.0 Å². The Morgan fingerprint density at radius 1 is 1.21 bits per heavy atom. The number of anilines is 1. The summed E-state index contributed by atoms with van der Waals surface area (Å²) in [4.78, 5) is 10.5. The van der Waals surface area contributed by atoms with Gasteiger partial charge in [-0.1, -0.05) is 29.6 Å². The minimum absolute atomic E-state index is 0.0598. The first-order valence-corrected chi connectivity index (χ1v) is 10.6. The zero-order valence-electron chi connectivity index (χ0n) is 13.8. The fraction of sp³-hybridized carbons (Fsp3) is 0.733. The fourth-order valence-corrected chi connectivity index (χ4v) is 5.93. The number of nitrogens with zero attached hydrogens (tertiary/aromatic N) is 4. The standard InChI is InChI=1S/C15H22Cl2N4O2S/c1-3-24(22,23)21-10-5-4-6-11(21)8-12(7-10)20(2)15-18-13(16)9-14(17)19-15/h9-12H,3-8H2,1-2H3/t10-,11+,12?. The average Bonchev–Trinajstić information content (AvgIpc) is 2.52. The highest BCUT2D eigenvalue weighted by atomic mass is 35.5. The molecule has 2 bridgehead atoms. The van der Waals surface area contributed by atoms with Crippen LogP contribution in [0.25, 0.3) is 0 Å². The largest absolute Gasteiger partial charge is 0.341 e. The molecule has 0 aliphatic carbocycles. The molecule has 6 nitrogen and oxygen atoms in total. The van der Waals surface area contributed by atoms with Gasteiger partial charge in [0.05, 0.1) is 5.75 Å². The van der Waals surface area contributed by atoms with E-state index in [9.17, 15) is 8.42 Å². The predicted octanol–water partition coefficient (Wildman–Crippen LogP) is 2.95. The van der Waals surface area contributed by atoms with Crippen molar-refractivity contribution in [1.82, 2.24) is 14.3 Å². The van der Waals surface area contributed by atoms with E-state index >= 15 is 0 Å². The summed E-state index contributed by atoms with van der Waals surface area (Å²) in [5, 5.41) is 0.617. The number of aromatic nitrogens is 2. The Bertz CT molecular complexity index is 681. The van der Waals surface area contributed by atoms with E-state index in [0.717, 1.165) is 32.1 Å². The molecule has 134 valence electrons. The third kappa shape index (κ3) is 3.49. The lowest BCUT2D eigenvalue weighted by Crippen LogP contribution is -2.58. The summed E-state index contributed by atoms with van der Waals surface area (Å²) >= 11 is 12.0. The quantitative estimate of drug-likeness (QED) is 0.736. The van der Waals surface area contributed by atoms with Gasteiger partial charge in [0.25, 0.3) is 0 Å². The number of halogens is 2. The van der Waals surface area contributed by atoms with Gasteiger partial charge in [0.15, 0.2) is 0 Å². The maximum atomic E-state index is 12.5. The topological polar surface area (TPSA) is 66.4 Å². The second-order valence-corrected chi connectivity index (χ2v) is 9.46. The van der Waals surface area contributed by atoms with Gasteiger partial charge in [-0.2, -0.15) is 4.31 Å². The van der Waals surface area contributed by atoms with Crippen molar-refractivity contribution in [3.8, 4) is 0 Å². The molecule has 3 atom stereocenters. The summed E-state index contributed by atoms with van der Waals surface area (Å²) in [6.07, 6.45) is 4.47. The van der Waals surface area contributed by atoms with Gasteiger partial charge >= 0.3 is 0 Å². The number of hydrogen-bond donors (Lipinski definition) is 0. The van der Waals surface area contributed by atoms with Crippen LogP contribution in [0.4, 0.5) is 5.95 Å². The highest BCUT2D eigenvalue weighted by Crippen LogP contribution is 2.38. The maximum absolute atomic E-state index is 12.5. The molecule has 24 heavy (non-hydrogen) atoms. The van der Waals surface area contributed by atoms with Gasteiger partial charge in [0.2, 0.25) is 16.0 Å². The molecule has 0 radical (unpaired) electrons. The Hall–Kier alpha value is -0.630. The van der Waals surface area contributed by atoms with Gasteiger partial charge in [-0.15, -0.1) is 0 Å². The molecule has 1 unspecified atom stereocenters. The predicted molar refractivity (Wildman–Crippen MR) is 96.2 cm³/mol. The molecule has 0 saturated carbocycles. The molecule has 2 aliphatic heterocycles. The molecule has 3 heterocycles. The first kappa shape index (κ1) is 18.2.